The van der Waals surface area contributed by atoms with Gasteiger partial charge in [-0.3, -0.25) is 9.89 Å². The lowest BCUT2D eigenvalue weighted by Crippen LogP contribution is -2.14. The second-order valence-corrected chi connectivity index (χ2v) is 4.16. The highest BCUT2D eigenvalue weighted by molar-refractivity contribution is 7.91. The molecule has 7 heteroatoms. The van der Waals surface area contributed by atoms with Crippen LogP contribution >= 0.6 is 0 Å². The van der Waals surface area contributed by atoms with Crippen LogP contribution in [-0.4, -0.2) is 35.1 Å². The van der Waals surface area contributed by atoms with Gasteiger partial charge >= 0.3 is 0 Å². The van der Waals surface area contributed by atoms with Crippen LogP contribution in [0.1, 0.15) is 6.92 Å². The SMILES string of the molecule is CC(=O)CS(=O)(=O)c1ncn[nH]1. The van der Waals surface area contributed by atoms with Crippen molar-refractivity contribution in [3.63, 3.8) is 0 Å². The van der Waals surface area contributed by atoms with Crippen LogP contribution in [0.4, 0.5) is 0 Å². The fourth-order valence-electron chi connectivity index (χ4n) is 0.680. The molecule has 0 amide bonds. The van der Waals surface area contributed by atoms with Crippen molar-refractivity contribution in [2.75, 3.05) is 5.75 Å². The molecule has 1 rings (SSSR count). The van der Waals surface area contributed by atoms with E-state index >= 15 is 0 Å². The van der Waals surface area contributed by atoms with E-state index in [9.17, 15) is 13.2 Å². The number of Topliss-reactive ketones (excluding diaryl/α,β-unsaturated/α-hetero) is 1. The minimum absolute atomic E-state index is 0.266. The van der Waals surface area contributed by atoms with Crippen LogP contribution in [0.2, 0.25) is 0 Å². The van der Waals surface area contributed by atoms with Crippen molar-refractivity contribution in [1.82, 2.24) is 15.2 Å². The van der Waals surface area contributed by atoms with Crippen LogP contribution in [-0.2, 0) is 14.6 Å². The molecule has 0 saturated carbocycles. The normalized spacial score (nSPS) is 11.4. The molecule has 0 aliphatic heterocycles. The van der Waals surface area contributed by atoms with Crippen molar-refractivity contribution in [3.05, 3.63) is 6.33 Å². The van der Waals surface area contributed by atoms with Crippen molar-refractivity contribution in [3.8, 4) is 0 Å². The molecule has 1 aromatic heterocycles. The molecule has 0 unspecified atom stereocenters. The van der Waals surface area contributed by atoms with Gasteiger partial charge in [0.05, 0.1) is 0 Å². The first-order valence-corrected chi connectivity index (χ1v) is 4.75. The van der Waals surface area contributed by atoms with Gasteiger partial charge in [0.1, 0.15) is 17.9 Å². The van der Waals surface area contributed by atoms with Gasteiger partial charge in [-0.2, -0.15) is 5.10 Å². The summed E-state index contributed by atoms with van der Waals surface area (Å²) in [6, 6.07) is 0. The summed E-state index contributed by atoms with van der Waals surface area (Å²) >= 11 is 0. The molecule has 66 valence electrons. The van der Waals surface area contributed by atoms with Crippen molar-refractivity contribution in [2.24, 2.45) is 0 Å². The van der Waals surface area contributed by atoms with E-state index in [0.29, 0.717) is 0 Å². The Kier molecular flexibility index (Phi) is 2.22. The summed E-state index contributed by atoms with van der Waals surface area (Å²) in [5.74, 6) is -0.964. The molecule has 0 fully saturated rings. The van der Waals surface area contributed by atoms with E-state index in [4.69, 9.17) is 0 Å². The maximum absolute atomic E-state index is 11.1. The van der Waals surface area contributed by atoms with E-state index < -0.39 is 21.4 Å². The van der Waals surface area contributed by atoms with Crippen LogP contribution < -0.4 is 0 Å². The largest absolute Gasteiger partial charge is 0.299 e. The second kappa shape index (κ2) is 3.02. The van der Waals surface area contributed by atoms with E-state index in [1.807, 2.05) is 0 Å². The third kappa shape index (κ3) is 1.88. The highest BCUT2D eigenvalue weighted by atomic mass is 32.2. The predicted octanol–water partition coefficient (Wildman–Crippen LogP) is -0.833. The van der Waals surface area contributed by atoms with Gasteiger partial charge in [0, 0.05) is 0 Å². The summed E-state index contributed by atoms with van der Waals surface area (Å²) in [6.45, 7) is 1.20. The Balaban J connectivity index is 2.96. The Morgan fingerprint density at radius 1 is 1.67 bits per heavy atom. The number of carbonyl (C=O) groups is 1. The Hall–Kier alpha value is -1.24. The highest BCUT2D eigenvalue weighted by Gasteiger charge is 2.19. The average molecular weight is 189 g/mol. The number of hydrogen-bond acceptors (Lipinski definition) is 5. The molecule has 1 aromatic rings. The number of ketones is 1. The zero-order valence-corrected chi connectivity index (χ0v) is 7.13. The number of H-pyrrole nitrogens is 1. The zero-order chi connectivity index (χ0) is 9.19. The lowest BCUT2D eigenvalue weighted by Gasteiger charge is -1.94. The van der Waals surface area contributed by atoms with Crippen molar-refractivity contribution < 1.29 is 13.2 Å². The first-order chi connectivity index (χ1) is 5.52. The summed E-state index contributed by atoms with van der Waals surface area (Å²) in [5, 5.41) is 5.28. The fourth-order valence-corrected chi connectivity index (χ4v) is 1.75. The van der Waals surface area contributed by atoms with E-state index in [0.717, 1.165) is 6.33 Å². The predicted molar refractivity (Wildman–Crippen MR) is 39.1 cm³/mol. The minimum Gasteiger partial charge on any atom is -0.299 e. The number of hydrogen-bond donors (Lipinski definition) is 1. The Morgan fingerprint density at radius 2 is 2.33 bits per heavy atom. The number of aromatic nitrogens is 3. The van der Waals surface area contributed by atoms with Crippen LogP contribution in [0, 0.1) is 0 Å². The number of carbonyl (C=O) groups excluding carboxylic acids is 1. The molecular formula is C5H7N3O3S. The number of sulfone groups is 1. The topological polar surface area (TPSA) is 92.8 Å². The molecule has 12 heavy (non-hydrogen) atoms. The van der Waals surface area contributed by atoms with Gasteiger partial charge in [-0.1, -0.05) is 0 Å². The summed E-state index contributed by atoms with van der Waals surface area (Å²) in [4.78, 5) is 13.9. The van der Waals surface area contributed by atoms with Gasteiger partial charge < -0.3 is 0 Å². The molecule has 0 aliphatic rings. The molecule has 1 N–H and O–H groups in total. The number of rotatable bonds is 3. The van der Waals surface area contributed by atoms with Crippen molar-refractivity contribution in [1.29, 1.82) is 0 Å². The standard InChI is InChI=1S/C5H7N3O3S/c1-4(9)2-12(10,11)5-6-3-7-8-5/h3H,2H2,1H3,(H,6,7,8). The zero-order valence-electron chi connectivity index (χ0n) is 6.31. The molecule has 6 nitrogen and oxygen atoms in total. The quantitative estimate of drug-likeness (QED) is 0.669. The summed E-state index contributed by atoms with van der Waals surface area (Å²) in [5.41, 5.74) is 0. The fraction of sp³-hybridized carbons (Fsp3) is 0.400. The minimum atomic E-state index is -3.59. The lowest BCUT2D eigenvalue weighted by molar-refractivity contribution is -0.114. The van der Waals surface area contributed by atoms with Crippen LogP contribution in [0.3, 0.4) is 0 Å². The second-order valence-electron chi connectivity index (χ2n) is 2.25. The Labute approximate surface area is 68.9 Å². The first kappa shape index (κ1) is 8.85. The maximum Gasteiger partial charge on any atom is 0.243 e. The molecule has 0 atom stereocenters. The Bertz CT molecular complexity index is 367. The maximum atomic E-state index is 11.1. The first-order valence-electron chi connectivity index (χ1n) is 3.10. The molecule has 0 saturated heterocycles. The number of aromatic amines is 1. The molecule has 0 aromatic carbocycles. The van der Waals surface area contributed by atoms with Gasteiger partial charge in [0.15, 0.2) is 0 Å². The van der Waals surface area contributed by atoms with Crippen molar-refractivity contribution >= 4 is 15.6 Å². The summed E-state index contributed by atoms with van der Waals surface area (Å²) in [6.07, 6.45) is 1.08. The lowest BCUT2D eigenvalue weighted by atomic mass is 10.5. The van der Waals surface area contributed by atoms with E-state index in [-0.39, 0.29) is 5.16 Å². The molecule has 0 radical (unpaired) electrons. The average Bonchev–Trinajstić information content (AvgIpc) is 2.32. The third-order valence-corrected chi connectivity index (χ3v) is 2.65. The highest BCUT2D eigenvalue weighted by Crippen LogP contribution is 2.01. The van der Waals surface area contributed by atoms with E-state index in [2.05, 4.69) is 15.2 Å². The van der Waals surface area contributed by atoms with Crippen LogP contribution in [0.15, 0.2) is 11.5 Å². The van der Waals surface area contributed by atoms with E-state index in [1.54, 1.807) is 0 Å². The molecule has 0 aliphatic carbocycles. The van der Waals surface area contributed by atoms with Gasteiger partial charge in [0.25, 0.3) is 0 Å². The summed E-state index contributed by atoms with van der Waals surface area (Å²) < 4.78 is 22.3. The molecular weight excluding hydrogens is 182 g/mol. The van der Waals surface area contributed by atoms with Gasteiger partial charge in [-0.05, 0) is 6.92 Å². The van der Waals surface area contributed by atoms with Crippen LogP contribution in [0.25, 0.3) is 0 Å². The van der Waals surface area contributed by atoms with Gasteiger partial charge in [-0.15, -0.1) is 0 Å². The third-order valence-electron chi connectivity index (χ3n) is 1.08. The molecule has 1 heterocycles. The van der Waals surface area contributed by atoms with Gasteiger partial charge in [-0.25, -0.2) is 13.4 Å². The molecule has 0 bridgehead atoms. The monoisotopic (exact) mass is 189 g/mol. The van der Waals surface area contributed by atoms with Crippen LogP contribution in [0.5, 0.6) is 0 Å². The van der Waals surface area contributed by atoms with E-state index in [1.165, 1.54) is 6.92 Å². The van der Waals surface area contributed by atoms with Gasteiger partial charge in [0.2, 0.25) is 15.0 Å². The van der Waals surface area contributed by atoms with Crippen molar-refractivity contribution in [2.45, 2.75) is 12.1 Å². The summed E-state index contributed by atoms with van der Waals surface area (Å²) in [7, 11) is -3.59. The smallest absolute Gasteiger partial charge is 0.243 e. The number of nitrogens with zero attached hydrogens (tertiary/aromatic N) is 2. The molecule has 0 spiro atoms. The number of nitrogens with one attached hydrogen (secondary N) is 1. The Morgan fingerprint density at radius 3 is 2.75 bits per heavy atom.